The number of anilines is 1. The Balaban J connectivity index is 2.76. The number of nitrogens with one attached hydrogen (secondary N) is 2. The predicted molar refractivity (Wildman–Crippen MR) is 83.4 cm³/mol. The Morgan fingerprint density at radius 1 is 1.09 bits per heavy atom. The molecule has 0 heterocycles. The molecule has 0 radical (unpaired) electrons. The number of halogens is 1. The standard InChI is InChI=1S/C14H17BrN2O5/c1-3-21-12(18)11(13(19)22-4-2)17-14(20)16-10-8-6-5-7-9(10)15/h5-8,11H,3-4H2,1-2H3,(H2,16,17,20). The molecule has 0 aromatic heterocycles. The van der Waals surface area contributed by atoms with E-state index in [-0.39, 0.29) is 13.2 Å². The number of rotatable bonds is 6. The largest absolute Gasteiger partial charge is 0.464 e. The van der Waals surface area contributed by atoms with Crippen molar-refractivity contribution in [3.63, 3.8) is 0 Å². The monoisotopic (exact) mass is 372 g/mol. The highest BCUT2D eigenvalue weighted by Gasteiger charge is 2.31. The van der Waals surface area contributed by atoms with E-state index >= 15 is 0 Å². The van der Waals surface area contributed by atoms with Gasteiger partial charge in [0.25, 0.3) is 0 Å². The van der Waals surface area contributed by atoms with Crippen molar-refractivity contribution < 1.29 is 23.9 Å². The Morgan fingerprint density at radius 3 is 2.14 bits per heavy atom. The third-order valence-electron chi connectivity index (χ3n) is 2.44. The smallest absolute Gasteiger partial charge is 0.340 e. The maximum absolute atomic E-state index is 11.9. The van der Waals surface area contributed by atoms with Crippen LogP contribution in [0.25, 0.3) is 0 Å². The minimum atomic E-state index is -1.51. The van der Waals surface area contributed by atoms with E-state index in [0.717, 1.165) is 0 Å². The molecule has 7 nitrogen and oxygen atoms in total. The summed E-state index contributed by atoms with van der Waals surface area (Å²) in [4.78, 5) is 35.4. The molecule has 0 fully saturated rings. The van der Waals surface area contributed by atoms with Gasteiger partial charge in [-0.3, -0.25) is 0 Å². The molecule has 0 bridgehead atoms. The molecule has 0 saturated heterocycles. The Labute approximate surface area is 136 Å². The lowest BCUT2D eigenvalue weighted by atomic mass is 10.3. The number of urea groups is 1. The topological polar surface area (TPSA) is 93.7 Å². The Hall–Kier alpha value is -2.09. The fourth-order valence-corrected chi connectivity index (χ4v) is 1.90. The fourth-order valence-electron chi connectivity index (χ4n) is 1.52. The van der Waals surface area contributed by atoms with Crippen molar-refractivity contribution in [3.05, 3.63) is 28.7 Å². The van der Waals surface area contributed by atoms with E-state index < -0.39 is 24.0 Å². The fraction of sp³-hybridized carbons (Fsp3) is 0.357. The van der Waals surface area contributed by atoms with Gasteiger partial charge in [0.05, 0.1) is 18.9 Å². The number of ether oxygens (including phenoxy) is 2. The zero-order valence-corrected chi connectivity index (χ0v) is 13.8. The van der Waals surface area contributed by atoms with E-state index in [9.17, 15) is 14.4 Å². The highest BCUT2D eigenvalue weighted by molar-refractivity contribution is 9.10. The molecule has 1 rings (SSSR count). The molecule has 2 amide bonds. The molecule has 0 spiro atoms. The van der Waals surface area contributed by atoms with Crippen LogP contribution in [0.3, 0.4) is 0 Å². The predicted octanol–water partition coefficient (Wildman–Crippen LogP) is 2.07. The third-order valence-corrected chi connectivity index (χ3v) is 3.13. The lowest BCUT2D eigenvalue weighted by Gasteiger charge is -2.16. The molecule has 120 valence electrons. The number of carbonyl (C=O) groups is 3. The summed E-state index contributed by atoms with van der Waals surface area (Å²) in [7, 11) is 0. The first-order valence-electron chi connectivity index (χ1n) is 6.64. The SMILES string of the molecule is CCOC(=O)C(NC(=O)Nc1ccccc1Br)C(=O)OCC. The van der Waals surface area contributed by atoms with Crippen LogP contribution in [0.15, 0.2) is 28.7 Å². The van der Waals surface area contributed by atoms with Crippen LogP contribution in [0, 0.1) is 0 Å². The third kappa shape index (κ3) is 5.36. The average Bonchev–Trinajstić information content (AvgIpc) is 2.47. The number of amides is 2. The first-order chi connectivity index (χ1) is 10.5. The van der Waals surface area contributed by atoms with Gasteiger partial charge in [-0.1, -0.05) is 12.1 Å². The highest BCUT2D eigenvalue weighted by atomic mass is 79.9. The molecule has 0 aliphatic rings. The summed E-state index contributed by atoms with van der Waals surface area (Å²) in [5.41, 5.74) is 0.492. The van der Waals surface area contributed by atoms with E-state index in [1.807, 2.05) is 0 Å². The van der Waals surface area contributed by atoms with Gasteiger partial charge in [-0.15, -0.1) is 0 Å². The first-order valence-corrected chi connectivity index (χ1v) is 7.44. The Bertz CT molecular complexity index is 532. The van der Waals surface area contributed by atoms with Crippen molar-refractivity contribution in [3.8, 4) is 0 Å². The summed E-state index contributed by atoms with van der Waals surface area (Å²) in [6.45, 7) is 3.37. The van der Waals surface area contributed by atoms with Crippen molar-refractivity contribution in [2.75, 3.05) is 18.5 Å². The average molecular weight is 373 g/mol. The van der Waals surface area contributed by atoms with E-state index in [1.165, 1.54) is 0 Å². The van der Waals surface area contributed by atoms with Crippen LogP contribution in [0.5, 0.6) is 0 Å². The number of benzene rings is 1. The van der Waals surface area contributed by atoms with Gasteiger partial charge >= 0.3 is 18.0 Å². The number of esters is 2. The molecular weight excluding hydrogens is 356 g/mol. The van der Waals surface area contributed by atoms with Crippen LogP contribution in [-0.2, 0) is 19.1 Å². The highest BCUT2D eigenvalue weighted by Crippen LogP contribution is 2.20. The molecule has 0 unspecified atom stereocenters. The second kappa shape index (κ2) is 9.04. The summed E-state index contributed by atoms with van der Waals surface area (Å²) in [5.74, 6) is -1.74. The van der Waals surface area contributed by atoms with Crippen LogP contribution < -0.4 is 10.6 Å². The molecule has 0 aliphatic carbocycles. The quantitative estimate of drug-likeness (QED) is 0.588. The maximum atomic E-state index is 11.9. The zero-order valence-electron chi connectivity index (χ0n) is 12.2. The zero-order chi connectivity index (χ0) is 16.5. The second-order valence-corrected chi connectivity index (χ2v) is 4.87. The van der Waals surface area contributed by atoms with E-state index in [4.69, 9.17) is 9.47 Å². The first kappa shape index (κ1) is 18.0. The maximum Gasteiger partial charge on any atom is 0.340 e. The van der Waals surface area contributed by atoms with Crippen molar-refractivity contribution in [2.24, 2.45) is 0 Å². The van der Waals surface area contributed by atoms with Crippen molar-refractivity contribution in [1.29, 1.82) is 0 Å². The van der Waals surface area contributed by atoms with Crippen LogP contribution in [0.1, 0.15) is 13.8 Å². The summed E-state index contributed by atoms with van der Waals surface area (Å²) in [6.07, 6.45) is 0. The van der Waals surface area contributed by atoms with Crippen molar-refractivity contribution >= 4 is 39.6 Å². The number of hydrogen-bond donors (Lipinski definition) is 2. The second-order valence-electron chi connectivity index (χ2n) is 4.02. The van der Waals surface area contributed by atoms with Crippen LogP contribution in [0.2, 0.25) is 0 Å². The van der Waals surface area contributed by atoms with Gasteiger partial charge < -0.3 is 20.1 Å². The van der Waals surface area contributed by atoms with Gasteiger partial charge in [-0.05, 0) is 41.9 Å². The molecule has 1 aromatic rings. The number of hydrogen-bond acceptors (Lipinski definition) is 5. The summed E-state index contributed by atoms with van der Waals surface area (Å²) < 4.78 is 10.2. The van der Waals surface area contributed by atoms with Crippen molar-refractivity contribution in [1.82, 2.24) is 5.32 Å². The van der Waals surface area contributed by atoms with Crippen LogP contribution in [0.4, 0.5) is 10.5 Å². The minimum Gasteiger partial charge on any atom is -0.464 e. The van der Waals surface area contributed by atoms with E-state index in [1.54, 1.807) is 38.1 Å². The van der Waals surface area contributed by atoms with Gasteiger partial charge in [0, 0.05) is 4.47 Å². The number of carbonyl (C=O) groups excluding carboxylic acids is 3. The molecule has 8 heteroatoms. The lowest BCUT2D eigenvalue weighted by molar-refractivity contribution is -0.157. The van der Waals surface area contributed by atoms with Crippen LogP contribution in [-0.4, -0.2) is 37.2 Å². The van der Waals surface area contributed by atoms with E-state index in [0.29, 0.717) is 10.2 Å². The molecule has 0 aliphatic heterocycles. The van der Waals surface area contributed by atoms with Crippen LogP contribution >= 0.6 is 15.9 Å². The number of para-hydroxylation sites is 1. The Kier molecular flexibility index (Phi) is 7.38. The minimum absolute atomic E-state index is 0.0856. The summed E-state index contributed by atoms with van der Waals surface area (Å²) >= 11 is 3.27. The molecule has 0 atom stereocenters. The summed E-state index contributed by atoms with van der Waals surface area (Å²) in [5, 5.41) is 4.76. The van der Waals surface area contributed by atoms with Gasteiger partial charge in [0.15, 0.2) is 0 Å². The van der Waals surface area contributed by atoms with Gasteiger partial charge in [0.2, 0.25) is 6.04 Å². The van der Waals surface area contributed by atoms with Gasteiger partial charge in [0.1, 0.15) is 0 Å². The van der Waals surface area contributed by atoms with Gasteiger partial charge in [-0.2, -0.15) is 0 Å². The molecule has 1 aromatic carbocycles. The summed E-state index contributed by atoms with van der Waals surface area (Å²) in [6, 6.07) is 4.68. The lowest BCUT2D eigenvalue weighted by Crippen LogP contribution is -2.49. The van der Waals surface area contributed by atoms with E-state index in [2.05, 4.69) is 26.6 Å². The molecule has 0 saturated carbocycles. The molecule has 2 N–H and O–H groups in total. The van der Waals surface area contributed by atoms with Crippen molar-refractivity contribution in [2.45, 2.75) is 19.9 Å². The Morgan fingerprint density at radius 2 is 1.64 bits per heavy atom. The molecular formula is C14H17BrN2O5. The normalized spacial score (nSPS) is 10.0. The molecule has 22 heavy (non-hydrogen) atoms. The van der Waals surface area contributed by atoms with Gasteiger partial charge in [-0.25, -0.2) is 14.4 Å².